The number of hydrogen-bond acceptors (Lipinski definition) is 4. The molecule has 2 aromatic carbocycles. The Labute approximate surface area is 270 Å². The number of aryl methyl sites for hydroxylation is 2. The highest BCUT2D eigenvalue weighted by molar-refractivity contribution is 5.42. The summed E-state index contributed by atoms with van der Waals surface area (Å²) in [7, 11) is 1.73. The zero-order valence-corrected chi connectivity index (χ0v) is 27.3. The first-order valence-electron chi connectivity index (χ1n) is 17.4. The summed E-state index contributed by atoms with van der Waals surface area (Å²) in [5.74, 6) is 10.4. The largest absolute Gasteiger partial charge is 0.508 e. The second-order valence-electron chi connectivity index (χ2n) is 15.8. The number of hydrogen-bond donors (Lipinski definition) is 3. The molecule has 0 saturated heterocycles. The summed E-state index contributed by atoms with van der Waals surface area (Å²) < 4.78 is 5.39. The Morgan fingerprint density at radius 1 is 0.689 bits per heavy atom. The molecule has 4 heteroatoms. The number of methoxy groups -OCH3 is 1. The second-order valence-corrected chi connectivity index (χ2v) is 15.8. The van der Waals surface area contributed by atoms with Crippen molar-refractivity contribution in [2.24, 2.45) is 34.5 Å². The summed E-state index contributed by atoms with van der Waals surface area (Å²) in [6.45, 7) is 4.46. The number of phenols is 1. The van der Waals surface area contributed by atoms with E-state index in [-0.39, 0.29) is 10.8 Å². The summed E-state index contributed by atoms with van der Waals surface area (Å²) >= 11 is 0. The summed E-state index contributed by atoms with van der Waals surface area (Å²) in [6.07, 6.45) is 23.8. The number of fused-ring (bicyclic) bond motifs is 10. The molecule has 45 heavy (non-hydrogen) atoms. The van der Waals surface area contributed by atoms with Crippen LogP contribution in [0.1, 0.15) is 112 Å². The molecule has 0 spiro atoms. The highest BCUT2D eigenvalue weighted by atomic mass is 16.5. The fourth-order valence-electron chi connectivity index (χ4n) is 11.8. The minimum atomic E-state index is -0.919. The van der Waals surface area contributed by atoms with E-state index in [0.717, 1.165) is 76.4 Å². The number of aromatic hydroxyl groups is 1. The van der Waals surface area contributed by atoms with Gasteiger partial charge in [-0.15, -0.1) is 12.8 Å². The maximum atomic E-state index is 11.0. The maximum absolute atomic E-state index is 11.0. The molecule has 4 fully saturated rings. The first-order valence-corrected chi connectivity index (χ1v) is 17.4. The van der Waals surface area contributed by atoms with Gasteiger partial charge in [0.2, 0.25) is 0 Å². The molecule has 3 N–H and O–H groups in total. The summed E-state index contributed by atoms with van der Waals surface area (Å²) in [5.41, 5.74) is 3.66. The lowest BCUT2D eigenvalue weighted by Crippen LogP contribution is -2.50. The van der Waals surface area contributed by atoms with Crippen LogP contribution in [-0.2, 0) is 12.8 Å². The van der Waals surface area contributed by atoms with Gasteiger partial charge >= 0.3 is 0 Å². The standard InChI is InChI=1S/C21H26O2.C20H24O2/c1-4-21(22)12-10-19-18-7-5-14-13-15(23-3)6-8-16(14)17(18)9-11-20(19,21)2;1-3-20(22)11-9-18-17-6-4-13-12-14(21)5-7-15(13)16(17)8-10-19(18,20)2/h1,6,8,13,17-19,22H,5,7,9-12H2,2-3H3;1,5,7,12,16-18,21-22H,4,6,8-11H2,2H3/t17-,18-,19+,20+,21+;16-,17-,18+,19+,20+/m11/s1. The monoisotopic (exact) mass is 606 g/mol. The van der Waals surface area contributed by atoms with Crippen LogP contribution in [0.3, 0.4) is 0 Å². The third kappa shape index (κ3) is 4.42. The molecule has 4 nitrogen and oxygen atoms in total. The van der Waals surface area contributed by atoms with Gasteiger partial charge in [0.15, 0.2) is 0 Å². The highest BCUT2D eigenvalue weighted by Gasteiger charge is 2.62. The van der Waals surface area contributed by atoms with Crippen molar-refractivity contribution < 1.29 is 20.1 Å². The number of benzene rings is 2. The lowest BCUT2D eigenvalue weighted by Gasteiger charge is -2.52. The van der Waals surface area contributed by atoms with Crippen molar-refractivity contribution in [1.82, 2.24) is 0 Å². The Balaban J connectivity index is 0.000000145. The zero-order chi connectivity index (χ0) is 31.8. The van der Waals surface area contributed by atoms with Gasteiger partial charge in [0.05, 0.1) is 7.11 Å². The van der Waals surface area contributed by atoms with Gasteiger partial charge < -0.3 is 20.1 Å². The molecule has 0 heterocycles. The first kappa shape index (κ1) is 30.7. The maximum Gasteiger partial charge on any atom is 0.130 e. The van der Waals surface area contributed by atoms with E-state index in [1.165, 1.54) is 28.7 Å². The van der Waals surface area contributed by atoms with Crippen LogP contribution in [0.25, 0.3) is 0 Å². The Morgan fingerprint density at radius 3 is 1.67 bits per heavy atom. The van der Waals surface area contributed by atoms with E-state index >= 15 is 0 Å². The van der Waals surface area contributed by atoms with Gasteiger partial charge in [-0.05, 0) is 159 Å². The topological polar surface area (TPSA) is 69.9 Å². The predicted octanol–water partition coefficient (Wildman–Crippen LogP) is 7.53. The van der Waals surface area contributed by atoms with Gasteiger partial charge in [0, 0.05) is 10.8 Å². The fraction of sp³-hybridized carbons (Fsp3) is 0.610. The third-order valence-corrected chi connectivity index (χ3v) is 14.4. The molecule has 10 atom stereocenters. The molecule has 0 unspecified atom stereocenters. The minimum Gasteiger partial charge on any atom is -0.508 e. The lowest BCUT2D eigenvalue weighted by molar-refractivity contribution is -0.0647. The zero-order valence-electron chi connectivity index (χ0n) is 27.3. The molecule has 238 valence electrons. The van der Waals surface area contributed by atoms with Crippen LogP contribution >= 0.6 is 0 Å². The minimum absolute atomic E-state index is 0.104. The lowest BCUT2D eigenvalue weighted by atomic mass is 9.53. The number of rotatable bonds is 1. The number of terminal acetylenes is 2. The van der Waals surface area contributed by atoms with Crippen LogP contribution in [0.4, 0.5) is 0 Å². The second kappa shape index (κ2) is 10.8. The van der Waals surface area contributed by atoms with Crippen LogP contribution in [0.2, 0.25) is 0 Å². The van der Waals surface area contributed by atoms with Crippen LogP contribution < -0.4 is 4.74 Å². The Bertz CT molecular complexity index is 1560. The van der Waals surface area contributed by atoms with Crippen LogP contribution in [0, 0.1) is 59.2 Å². The van der Waals surface area contributed by atoms with Gasteiger partial charge in [0.1, 0.15) is 22.7 Å². The van der Waals surface area contributed by atoms with Crippen LogP contribution in [0.5, 0.6) is 11.5 Å². The van der Waals surface area contributed by atoms with Crippen LogP contribution in [-0.4, -0.2) is 33.6 Å². The summed E-state index contributed by atoms with van der Waals surface area (Å²) in [6, 6.07) is 12.5. The van der Waals surface area contributed by atoms with Crippen molar-refractivity contribution in [1.29, 1.82) is 0 Å². The summed E-state index contributed by atoms with van der Waals surface area (Å²) in [4.78, 5) is 0. The van der Waals surface area contributed by atoms with E-state index in [4.69, 9.17) is 17.6 Å². The average molecular weight is 607 g/mol. The molecule has 0 bridgehead atoms. The van der Waals surface area contributed by atoms with E-state index < -0.39 is 11.2 Å². The van der Waals surface area contributed by atoms with E-state index in [0.29, 0.717) is 41.3 Å². The van der Waals surface area contributed by atoms with E-state index in [2.05, 4.69) is 50.0 Å². The van der Waals surface area contributed by atoms with Crippen molar-refractivity contribution in [3.63, 3.8) is 0 Å². The smallest absolute Gasteiger partial charge is 0.130 e. The van der Waals surface area contributed by atoms with E-state index in [9.17, 15) is 15.3 Å². The van der Waals surface area contributed by atoms with Crippen LogP contribution in [0.15, 0.2) is 36.4 Å². The van der Waals surface area contributed by atoms with E-state index in [1.54, 1.807) is 7.11 Å². The Kier molecular flexibility index (Phi) is 7.39. The van der Waals surface area contributed by atoms with Gasteiger partial charge in [-0.25, -0.2) is 0 Å². The molecular weight excluding hydrogens is 556 g/mol. The number of ether oxygens (including phenoxy) is 1. The quantitative estimate of drug-likeness (QED) is 0.294. The third-order valence-electron chi connectivity index (χ3n) is 14.4. The fourth-order valence-corrected chi connectivity index (χ4v) is 11.8. The normalized spacial score (nSPS) is 42.1. The molecule has 0 radical (unpaired) electrons. The molecule has 6 aliphatic rings. The van der Waals surface area contributed by atoms with E-state index in [1.807, 2.05) is 12.1 Å². The summed E-state index contributed by atoms with van der Waals surface area (Å²) in [5, 5.41) is 31.6. The Hall–Kier alpha value is -2.92. The molecule has 8 rings (SSSR count). The number of phenolic OH excluding ortho intramolecular Hbond substituents is 1. The molecule has 0 amide bonds. The SMILES string of the molecule is C#C[C@]1(O)CC[C@H]2[C@@H]3CCc4cc(O)ccc4[C@H]3CC[C@@]21C.C#C[C@]1(O)CC[C@H]2[C@@H]3CCc4cc(OC)ccc4[C@H]3CC[C@@]21C. The molecule has 0 aromatic heterocycles. The molecular formula is C41H50O4. The van der Waals surface area contributed by atoms with Gasteiger partial charge in [-0.3, -0.25) is 0 Å². The predicted molar refractivity (Wildman–Crippen MR) is 178 cm³/mol. The van der Waals surface area contributed by atoms with Gasteiger partial charge in [-0.2, -0.15) is 0 Å². The van der Waals surface area contributed by atoms with Gasteiger partial charge in [-0.1, -0.05) is 37.8 Å². The van der Waals surface area contributed by atoms with Crippen molar-refractivity contribution >= 4 is 0 Å². The highest BCUT2D eigenvalue weighted by Crippen LogP contribution is 2.65. The molecule has 2 aromatic rings. The number of aliphatic hydroxyl groups is 2. The molecule has 6 aliphatic carbocycles. The van der Waals surface area contributed by atoms with Crippen molar-refractivity contribution in [2.75, 3.05) is 7.11 Å². The first-order chi connectivity index (χ1) is 21.5. The molecule has 4 saturated carbocycles. The Morgan fingerprint density at radius 2 is 1.18 bits per heavy atom. The molecule has 0 aliphatic heterocycles. The van der Waals surface area contributed by atoms with Crippen molar-refractivity contribution in [3.05, 3.63) is 58.7 Å². The van der Waals surface area contributed by atoms with Crippen molar-refractivity contribution in [2.45, 2.75) is 114 Å². The van der Waals surface area contributed by atoms with Crippen molar-refractivity contribution in [3.8, 4) is 36.2 Å². The average Bonchev–Trinajstić information content (AvgIpc) is 3.49. The van der Waals surface area contributed by atoms with Gasteiger partial charge in [0.25, 0.3) is 0 Å².